The highest BCUT2D eigenvalue weighted by Crippen LogP contribution is 2.30. The summed E-state index contributed by atoms with van der Waals surface area (Å²) in [7, 11) is -4.16. The number of sulfone groups is 1. The van der Waals surface area contributed by atoms with Gasteiger partial charge in [-0.25, -0.2) is 17.2 Å². The van der Waals surface area contributed by atoms with Crippen LogP contribution >= 0.6 is 0 Å². The van der Waals surface area contributed by atoms with E-state index in [0.29, 0.717) is 29.9 Å². The number of hydrogen-bond acceptors (Lipinski definition) is 4. The van der Waals surface area contributed by atoms with Gasteiger partial charge in [0.2, 0.25) is 15.3 Å². The topological polar surface area (TPSA) is 59.4 Å². The summed E-state index contributed by atoms with van der Waals surface area (Å²) in [6.07, 6.45) is 3.22. The summed E-state index contributed by atoms with van der Waals surface area (Å²) in [6.45, 7) is 3.44. The Bertz CT molecular complexity index is 1570. The van der Waals surface area contributed by atoms with E-state index >= 15 is 4.39 Å². The van der Waals surface area contributed by atoms with Gasteiger partial charge in [0.05, 0.1) is 21.5 Å². The minimum atomic E-state index is -4.16. The number of aromatic nitrogens is 1. The lowest BCUT2D eigenvalue weighted by atomic mass is 10.1. The van der Waals surface area contributed by atoms with Gasteiger partial charge in [0.25, 0.3) is 0 Å². The van der Waals surface area contributed by atoms with Crippen LogP contribution in [0.2, 0.25) is 0 Å². The van der Waals surface area contributed by atoms with E-state index in [4.69, 9.17) is 0 Å². The molecule has 0 amide bonds. The van der Waals surface area contributed by atoms with E-state index in [-0.39, 0.29) is 22.6 Å². The normalized spacial score (nSPS) is 14.1. The van der Waals surface area contributed by atoms with Gasteiger partial charge >= 0.3 is 0 Å². The zero-order valence-corrected chi connectivity index (χ0v) is 20.0. The second-order valence-electron chi connectivity index (χ2n) is 8.91. The molecule has 5 rings (SSSR count). The van der Waals surface area contributed by atoms with Crippen LogP contribution in [-0.4, -0.2) is 26.1 Å². The maximum atomic E-state index is 15.2. The summed E-state index contributed by atoms with van der Waals surface area (Å²) >= 11 is 0. The molecule has 0 spiro atoms. The minimum absolute atomic E-state index is 0.0120. The summed E-state index contributed by atoms with van der Waals surface area (Å²) in [5.41, 5.74) is 1.65. The Kier molecular flexibility index (Phi) is 5.92. The number of anilines is 1. The Morgan fingerprint density at radius 1 is 0.914 bits per heavy atom. The van der Waals surface area contributed by atoms with Gasteiger partial charge in [-0.3, -0.25) is 4.79 Å². The van der Waals surface area contributed by atoms with Gasteiger partial charge in [0.1, 0.15) is 16.5 Å². The first kappa shape index (κ1) is 23.2. The van der Waals surface area contributed by atoms with Crippen molar-refractivity contribution in [2.24, 2.45) is 0 Å². The van der Waals surface area contributed by atoms with Crippen LogP contribution < -0.4 is 10.3 Å². The Labute approximate surface area is 202 Å². The van der Waals surface area contributed by atoms with Crippen molar-refractivity contribution in [3.63, 3.8) is 0 Å². The fraction of sp³-hybridized carbons (Fsp3) is 0.222. The quantitative estimate of drug-likeness (QED) is 0.389. The molecule has 1 aromatic heterocycles. The summed E-state index contributed by atoms with van der Waals surface area (Å²) in [4.78, 5) is 14.9. The van der Waals surface area contributed by atoms with Crippen LogP contribution in [0.25, 0.3) is 10.9 Å². The Morgan fingerprint density at radius 3 is 2.23 bits per heavy atom. The molecule has 0 unspecified atom stereocenters. The van der Waals surface area contributed by atoms with Crippen LogP contribution in [0.15, 0.2) is 81.4 Å². The first-order chi connectivity index (χ1) is 16.7. The van der Waals surface area contributed by atoms with Crippen LogP contribution in [0.5, 0.6) is 0 Å². The Morgan fingerprint density at radius 2 is 1.57 bits per heavy atom. The molecule has 1 fully saturated rings. The van der Waals surface area contributed by atoms with Crippen molar-refractivity contribution >= 4 is 26.4 Å². The molecule has 8 heteroatoms. The second kappa shape index (κ2) is 8.92. The average molecular weight is 495 g/mol. The third-order valence-corrected chi connectivity index (χ3v) is 8.21. The van der Waals surface area contributed by atoms with Crippen LogP contribution in [-0.2, 0) is 16.4 Å². The van der Waals surface area contributed by atoms with Gasteiger partial charge in [0, 0.05) is 25.8 Å². The molecule has 2 heterocycles. The molecule has 0 atom stereocenters. The highest BCUT2D eigenvalue weighted by atomic mass is 32.2. The van der Waals surface area contributed by atoms with Crippen molar-refractivity contribution in [2.45, 2.75) is 36.1 Å². The van der Waals surface area contributed by atoms with Gasteiger partial charge in [-0.2, -0.15) is 0 Å². The molecule has 1 aliphatic rings. The number of nitrogens with zero attached hydrogens (tertiary/aromatic N) is 2. The molecule has 35 heavy (non-hydrogen) atoms. The Hall–Kier alpha value is -3.52. The van der Waals surface area contributed by atoms with E-state index in [0.717, 1.165) is 24.5 Å². The Balaban J connectivity index is 1.75. The molecule has 0 radical (unpaired) electrons. The first-order valence-electron chi connectivity index (χ1n) is 11.4. The zero-order valence-electron chi connectivity index (χ0n) is 19.2. The van der Waals surface area contributed by atoms with E-state index in [9.17, 15) is 17.6 Å². The van der Waals surface area contributed by atoms with E-state index in [1.54, 1.807) is 34.9 Å². The molecule has 0 saturated carbocycles. The second-order valence-corrected chi connectivity index (χ2v) is 10.8. The molecule has 0 aliphatic carbocycles. The van der Waals surface area contributed by atoms with Crippen molar-refractivity contribution in [3.05, 3.63) is 99.8 Å². The molecule has 180 valence electrons. The van der Waals surface area contributed by atoms with Crippen LogP contribution in [0.4, 0.5) is 14.5 Å². The smallest absolute Gasteiger partial charge is 0.211 e. The van der Waals surface area contributed by atoms with E-state index in [1.807, 2.05) is 11.8 Å². The van der Waals surface area contributed by atoms with Crippen molar-refractivity contribution in [3.8, 4) is 0 Å². The van der Waals surface area contributed by atoms with Gasteiger partial charge in [0.15, 0.2) is 0 Å². The molecule has 0 bridgehead atoms. The lowest BCUT2D eigenvalue weighted by molar-refractivity contribution is 0.593. The van der Waals surface area contributed by atoms with Crippen LogP contribution in [0.3, 0.4) is 0 Å². The third kappa shape index (κ3) is 4.34. The molecule has 1 saturated heterocycles. The minimum Gasteiger partial charge on any atom is -0.369 e. The first-order valence-corrected chi connectivity index (χ1v) is 12.9. The average Bonchev–Trinajstić information content (AvgIpc) is 3.37. The summed E-state index contributed by atoms with van der Waals surface area (Å²) in [5.74, 6) is -0.950. The molecule has 5 nitrogen and oxygen atoms in total. The highest BCUT2D eigenvalue weighted by Gasteiger charge is 2.26. The molecule has 1 aliphatic heterocycles. The van der Waals surface area contributed by atoms with Crippen molar-refractivity contribution in [1.82, 2.24) is 4.57 Å². The molecule has 0 N–H and O–H groups in total. The van der Waals surface area contributed by atoms with Crippen LogP contribution in [0.1, 0.15) is 24.0 Å². The molecule has 3 aromatic carbocycles. The fourth-order valence-corrected chi connectivity index (χ4v) is 5.89. The standard InChI is InChI=1S/C27H24F2N2O3S/c1-18-4-10-21(11-5-18)35(33,34)26-17-31(16-19-6-8-20(28)9-7-19)24-15-25(30-12-2-3-13-30)23(29)14-22(24)27(26)32/h4-11,14-15,17H,2-3,12-13,16H2,1H3. The lowest BCUT2D eigenvalue weighted by Gasteiger charge is -2.21. The maximum absolute atomic E-state index is 15.2. The SMILES string of the molecule is Cc1ccc(S(=O)(=O)c2cn(Cc3ccc(F)cc3)c3cc(N4CCCC4)c(F)cc3c2=O)cc1. The maximum Gasteiger partial charge on any atom is 0.211 e. The number of rotatable bonds is 5. The van der Waals surface area contributed by atoms with Gasteiger partial charge in [-0.05, 0) is 61.7 Å². The fourth-order valence-electron chi connectivity index (χ4n) is 4.53. The number of halogens is 2. The van der Waals surface area contributed by atoms with Gasteiger partial charge in [-0.1, -0.05) is 29.8 Å². The number of pyridine rings is 1. The summed E-state index contributed by atoms with van der Waals surface area (Å²) in [5, 5.41) is -0.0132. The lowest BCUT2D eigenvalue weighted by Crippen LogP contribution is -2.22. The predicted octanol–water partition coefficient (Wildman–Crippen LogP) is 5.07. The van der Waals surface area contributed by atoms with E-state index < -0.39 is 26.0 Å². The number of benzene rings is 3. The van der Waals surface area contributed by atoms with Crippen molar-refractivity contribution in [1.29, 1.82) is 0 Å². The van der Waals surface area contributed by atoms with Crippen LogP contribution in [0, 0.1) is 18.6 Å². The van der Waals surface area contributed by atoms with E-state index in [1.165, 1.54) is 30.5 Å². The van der Waals surface area contributed by atoms with Crippen molar-refractivity contribution in [2.75, 3.05) is 18.0 Å². The number of aryl methyl sites for hydroxylation is 1. The molecule has 4 aromatic rings. The molecular weight excluding hydrogens is 470 g/mol. The number of fused-ring (bicyclic) bond motifs is 1. The predicted molar refractivity (Wildman–Crippen MR) is 132 cm³/mol. The van der Waals surface area contributed by atoms with Gasteiger partial charge in [-0.15, -0.1) is 0 Å². The monoisotopic (exact) mass is 494 g/mol. The third-order valence-electron chi connectivity index (χ3n) is 6.45. The number of hydrogen-bond donors (Lipinski definition) is 0. The zero-order chi connectivity index (χ0) is 24.7. The summed E-state index contributed by atoms with van der Waals surface area (Å²) in [6, 6.07) is 14.8. The molecular formula is C27H24F2N2O3S. The summed E-state index contributed by atoms with van der Waals surface area (Å²) < 4.78 is 57.2. The van der Waals surface area contributed by atoms with E-state index in [2.05, 4.69) is 0 Å². The van der Waals surface area contributed by atoms with Gasteiger partial charge < -0.3 is 9.47 Å². The largest absolute Gasteiger partial charge is 0.369 e. The highest BCUT2D eigenvalue weighted by molar-refractivity contribution is 7.91. The van der Waals surface area contributed by atoms with Crippen molar-refractivity contribution < 1.29 is 17.2 Å².